The Morgan fingerprint density at radius 3 is 2.05 bits per heavy atom. The Morgan fingerprint density at radius 2 is 1.36 bits per heavy atom. The Morgan fingerprint density at radius 1 is 0.679 bits per heavy atom. The molecule has 0 N–H and O–H groups in total. The van der Waals surface area contributed by atoms with Crippen molar-refractivity contribution in [1.82, 2.24) is 19.3 Å². The van der Waals surface area contributed by atoms with Crippen LogP contribution in [0, 0.1) is 30.6 Å². The Hall–Kier alpha value is -5.16. The van der Waals surface area contributed by atoms with Crippen molar-refractivity contribution in [3.8, 4) is 34.1 Å². The number of aryl methyl sites for hydroxylation is 3. The van der Waals surface area contributed by atoms with Gasteiger partial charge in [-0.3, -0.25) is 4.57 Å². The lowest BCUT2D eigenvalue weighted by Gasteiger charge is -2.25. The van der Waals surface area contributed by atoms with Gasteiger partial charge in [-0.05, 0) is 145 Å². The molecule has 0 radical (unpaired) electrons. The van der Waals surface area contributed by atoms with Gasteiger partial charge in [0.1, 0.15) is 17.3 Å². The minimum absolute atomic E-state index is 0.251. The summed E-state index contributed by atoms with van der Waals surface area (Å²) >= 11 is 0. The number of ether oxygens (including phenoxy) is 1. The number of pyridine rings is 1. The second-order valence-corrected chi connectivity index (χ2v) is 18.7. The maximum absolute atomic E-state index is 6.64. The summed E-state index contributed by atoms with van der Waals surface area (Å²) in [7, 11) is 0. The molecule has 0 spiro atoms. The highest BCUT2D eigenvalue weighted by molar-refractivity contribution is 6.09. The highest BCUT2D eigenvalue weighted by atomic mass is 16.5. The fourth-order valence-corrected chi connectivity index (χ4v) is 7.94. The predicted molar refractivity (Wildman–Crippen MR) is 236 cm³/mol. The van der Waals surface area contributed by atoms with Gasteiger partial charge in [-0.25, -0.2) is 9.67 Å². The maximum Gasteiger partial charge on any atom is 0.137 e. The van der Waals surface area contributed by atoms with Crippen molar-refractivity contribution < 1.29 is 4.74 Å². The minimum Gasteiger partial charge on any atom is -0.457 e. The van der Waals surface area contributed by atoms with Crippen molar-refractivity contribution in [2.24, 2.45) is 16.7 Å². The third-order valence-electron chi connectivity index (χ3n) is 11.1. The number of para-hydroxylation sites is 1. The molecule has 7 rings (SSSR count). The van der Waals surface area contributed by atoms with Crippen LogP contribution in [0.1, 0.15) is 102 Å². The van der Waals surface area contributed by atoms with Gasteiger partial charge in [-0.2, -0.15) is 5.10 Å². The first-order valence-corrected chi connectivity index (χ1v) is 20.6. The molecular formula is C51H60N4O. The molecule has 0 aliphatic heterocycles. The Labute approximate surface area is 334 Å². The molecule has 0 unspecified atom stereocenters. The summed E-state index contributed by atoms with van der Waals surface area (Å²) in [5.41, 5.74) is 13.2. The van der Waals surface area contributed by atoms with E-state index in [0.717, 1.165) is 72.6 Å². The van der Waals surface area contributed by atoms with Crippen LogP contribution in [0.2, 0.25) is 0 Å². The van der Waals surface area contributed by atoms with Gasteiger partial charge in [0.2, 0.25) is 0 Å². The van der Waals surface area contributed by atoms with E-state index in [-0.39, 0.29) is 10.8 Å². The summed E-state index contributed by atoms with van der Waals surface area (Å²) in [6.07, 6.45) is 12.7. The van der Waals surface area contributed by atoms with Crippen molar-refractivity contribution in [3.05, 3.63) is 131 Å². The molecule has 0 aliphatic carbocycles. The Balaban J connectivity index is 1.23. The van der Waals surface area contributed by atoms with Gasteiger partial charge in [0, 0.05) is 40.9 Å². The highest BCUT2D eigenvalue weighted by Gasteiger charge is 2.22. The normalized spacial score (nSPS) is 12.3. The SMILES string of the molecule is Cc1cc(C)c(CCC(C)(C)C)c(-c2cnn(-c3cccc(Oc4ccc5c6ccccc6n(-c6cc(CCC(C)C)ccn6)c5c4)c3)c2)c1CCC(C)(C)C. The summed E-state index contributed by atoms with van der Waals surface area (Å²) < 4.78 is 10.9. The maximum atomic E-state index is 6.64. The van der Waals surface area contributed by atoms with Crippen LogP contribution in [-0.4, -0.2) is 19.3 Å². The van der Waals surface area contributed by atoms with E-state index in [4.69, 9.17) is 14.8 Å². The summed E-state index contributed by atoms with van der Waals surface area (Å²) in [4.78, 5) is 4.87. The molecule has 56 heavy (non-hydrogen) atoms. The van der Waals surface area contributed by atoms with E-state index in [2.05, 4.69) is 165 Å². The first-order valence-electron chi connectivity index (χ1n) is 20.6. The lowest BCUT2D eigenvalue weighted by molar-refractivity contribution is 0.376. The number of nitrogens with zero attached hydrogens (tertiary/aromatic N) is 4. The third-order valence-corrected chi connectivity index (χ3v) is 11.1. The van der Waals surface area contributed by atoms with Gasteiger partial charge in [0.25, 0.3) is 0 Å². The largest absolute Gasteiger partial charge is 0.457 e. The zero-order valence-corrected chi connectivity index (χ0v) is 35.3. The van der Waals surface area contributed by atoms with E-state index in [1.54, 1.807) is 0 Å². The average Bonchev–Trinajstić information content (AvgIpc) is 3.76. The summed E-state index contributed by atoms with van der Waals surface area (Å²) in [6, 6.07) is 30.0. The zero-order valence-electron chi connectivity index (χ0n) is 35.3. The summed E-state index contributed by atoms with van der Waals surface area (Å²) in [5.74, 6) is 3.12. The van der Waals surface area contributed by atoms with Gasteiger partial charge in [-0.1, -0.05) is 85.7 Å². The Bertz CT molecular complexity index is 2440. The zero-order chi connectivity index (χ0) is 39.8. The van der Waals surface area contributed by atoms with Crippen LogP contribution in [-0.2, 0) is 19.3 Å². The topological polar surface area (TPSA) is 44.9 Å². The molecule has 5 nitrogen and oxygen atoms in total. The van der Waals surface area contributed by atoms with Gasteiger partial charge in [-0.15, -0.1) is 0 Å². The molecule has 0 saturated heterocycles. The van der Waals surface area contributed by atoms with Crippen molar-refractivity contribution in [2.45, 2.75) is 108 Å². The third kappa shape index (κ3) is 8.78. The first kappa shape index (κ1) is 39.1. The second-order valence-electron chi connectivity index (χ2n) is 18.7. The number of hydrogen-bond acceptors (Lipinski definition) is 3. The number of hydrogen-bond donors (Lipinski definition) is 0. The van der Waals surface area contributed by atoms with Crippen molar-refractivity contribution in [1.29, 1.82) is 0 Å². The molecule has 0 bridgehead atoms. The van der Waals surface area contributed by atoms with E-state index in [9.17, 15) is 0 Å². The second kappa shape index (κ2) is 15.8. The van der Waals surface area contributed by atoms with E-state index < -0.39 is 0 Å². The molecule has 4 aromatic carbocycles. The summed E-state index contributed by atoms with van der Waals surface area (Å²) in [5, 5.41) is 7.34. The lowest BCUT2D eigenvalue weighted by atomic mass is 9.80. The standard InChI is InChI=1S/C51H60N4O/c1-34(2)18-19-37-24-27-52-48(29-37)55-46-17-12-11-16-44(46)45-21-20-41(31-47(45)55)56-40-15-13-14-39(30-40)54-33-38(32-53-54)49-42(22-25-50(5,6)7)35(3)28-36(4)43(49)23-26-51(8,9)10/h11-17,20-21,24,27-34H,18-19,22-23,25-26H2,1-10H3. The molecule has 0 fully saturated rings. The van der Waals surface area contributed by atoms with Crippen LogP contribution in [0.4, 0.5) is 0 Å². The van der Waals surface area contributed by atoms with Crippen LogP contribution >= 0.6 is 0 Å². The van der Waals surface area contributed by atoms with E-state index in [0.29, 0.717) is 5.92 Å². The quantitative estimate of drug-likeness (QED) is 0.125. The average molecular weight is 745 g/mol. The smallest absolute Gasteiger partial charge is 0.137 e. The molecule has 0 saturated carbocycles. The van der Waals surface area contributed by atoms with Crippen LogP contribution in [0.25, 0.3) is 44.4 Å². The summed E-state index contributed by atoms with van der Waals surface area (Å²) in [6.45, 7) is 23.2. The number of aromatic nitrogens is 4. The van der Waals surface area contributed by atoms with E-state index in [1.807, 2.05) is 16.9 Å². The number of benzene rings is 4. The van der Waals surface area contributed by atoms with Gasteiger partial charge < -0.3 is 4.74 Å². The molecule has 290 valence electrons. The molecule has 0 aliphatic rings. The van der Waals surface area contributed by atoms with Crippen molar-refractivity contribution in [2.75, 3.05) is 0 Å². The van der Waals surface area contributed by atoms with Gasteiger partial charge in [0.05, 0.1) is 22.9 Å². The van der Waals surface area contributed by atoms with Crippen molar-refractivity contribution in [3.63, 3.8) is 0 Å². The predicted octanol–water partition coefficient (Wildman–Crippen LogP) is 14.0. The molecule has 0 amide bonds. The monoisotopic (exact) mass is 744 g/mol. The minimum atomic E-state index is 0.251. The van der Waals surface area contributed by atoms with Crippen LogP contribution < -0.4 is 4.74 Å². The first-order chi connectivity index (χ1) is 26.6. The van der Waals surface area contributed by atoms with Crippen molar-refractivity contribution >= 4 is 21.8 Å². The molecular weight excluding hydrogens is 685 g/mol. The number of rotatable bonds is 12. The number of fused-ring (bicyclic) bond motifs is 3. The van der Waals surface area contributed by atoms with Gasteiger partial charge >= 0.3 is 0 Å². The molecule has 3 aromatic heterocycles. The van der Waals surface area contributed by atoms with Crippen LogP contribution in [0.5, 0.6) is 11.5 Å². The fraction of sp³-hybridized carbons (Fsp3) is 0.373. The molecule has 7 aromatic rings. The Kier molecular flexibility index (Phi) is 11.0. The van der Waals surface area contributed by atoms with E-state index in [1.165, 1.54) is 49.7 Å². The fourth-order valence-electron chi connectivity index (χ4n) is 7.94. The van der Waals surface area contributed by atoms with Crippen LogP contribution in [0.3, 0.4) is 0 Å². The van der Waals surface area contributed by atoms with Gasteiger partial charge in [0.15, 0.2) is 0 Å². The molecule has 3 heterocycles. The lowest BCUT2D eigenvalue weighted by Crippen LogP contribution is -2.11. The van der Waals surface area contributed by atoms with E-state index >= 15 is 0 Å². The molecule has 0 atom stereocenters. The molecule has 5 heteroatoms. The van der Waals surface area contributed by atoms with Crippen LogP contribution in [0.15, 0.2) is 104 Å². The highest BCUT2D eigenvalue weighted by Crippen LogP contribution is 2.39.